The topological polar surface area (TPSA) is 62.2 Å². The van der Waals surface area contributed by atoms with Gasteiger partial charge in [-0.3, -0.25) is 0 Å². The lowest BCUT2D eigenvalue weighted by Crippen LogP contribution is -2.49. The van der Waals surface area contributed by atoms with E-state index in [2.05, 4.69) is 9.71 Å². The number of hydrogen-bond donors (Lipinski definition) is 2. The van der Waals surface area contributed by atoms with Crippen LogP contribution in [0.25, 0.3) is 0 Å². The van der Waals surface area contributed by atoms with Crippen LogP contribution in [0.5, 0.6) is 0 Å². The van der Waals surface area contributed by atoms with Crippen LogP contribution in [-0.4, -0.2) is 24.6 Å². The van der Waals surface area contributed by atoms with Crippen LogP contribution in [-0.2, 0) is 11.0 Å². The minimum Gasteiger partial charge on any atom is -0.388 e. The molecule has 0 aromatic carbocycles. The van der Waals surface area contributed by atoms with Gasteiger partial charge in [-0.1, -0.05) is 36.9 Å². The molecule has 1 aliphatic carbocycles. The number of halogens is 1. The summed E-state index contributed by atoms with van der Waals surface area (Å²) in [4.78, 5) is 4.34. The van der Waals surface area contributed by atoms with Gasteiger partial charge in [-0.2, -0.15) is 0 Å². The van der Waals surface area contributed by atoms with Crippen LogP contribution in [0.1, 0.15) is 64.6 Å². The number of aliphatic hydroxyl groups is 1. The van der Waals surface area contributed by atoms with Gasteiger partial charge in [0.15, 0.2) is 0 Å². The minimum absolute atomic E-state index is 0.380. The van der Waals surface area contributed by atoms with Crippen molar-refractivity contribution in [1.82, 2.24) is 9.71 Å². The van der Waals surface area contributed by atoms with Crippen LogP contribution in [0.2, 0.25) is 5.15 Å². The molecule has 2 rings (SSSR count). The van der Waals surface area contributed by atoms with E-state index in [1.165, 1.54) is 0 Å². The molecular formula is C16H25ClN2O2S. The fourth-order valence-corrected chi connectivity index (χ4v) is 3.84. The maximum atomic E-state index is 12.5. The third-order valence-corrected chi connectivity index (χ3v) is 5.84. The molecule has 1 saturated carbocycles. The van der Waals surface area contributed by atoms with Gasteiger partial charge in [0.05, 0.1) is 33.1 Å². The molecule has 124 valence electrons. The second-order valence-corrected chi connectivity index (χ2v) is 9.37. The number of hydrogen-bond acceptors (Lipinski definition) is 3. The van der Waals surface area contributed by atoms with Gasteiger partial charge in [0.2, 0.25) is 0 Å². The summed E-state index contributed by atoms with van der Waals surface area (Å²) in [6.45, 7) is 5.72. The predicted octanol–water partition coefficient (Wildman–Crippen LogP) is 3.52. The van der Waals surface area contributed by atoms with Crippen LogP contribution >= 0.6 is 11.6 Å². The van der Waals surface area contributed by atoms with Crippen molar-refractivity contribution in [2.45, 2.75) is 69.3 Å². The largest absolute Gasteiger partial charge is 0.388 e. The molecule has 2 atom stereocenters. The van der Waals surface area contributed by atoms with Crippen molar-refractivity contribution in [2.24, 2.45) is 0 Å². The zero-order chi connectivity index (χ0) is 16.4. The average molecular weight is 345 g/mol. The Balaban J connectivity index is 2.34. The number of rotatable bonds is 4. The Morgan fingerprint density at radius 2 is 1.95 bits per heavy atom. The van der Waals surface area contributed by atoms with Crippen molar-refractivity contribution < 1.29 is 9.32 Å². The van der Waals surface area contributed by atoms with Crippen LogP contribution in [0, 0.1) is 0 Å². The highest BCUT2D eigenvalue weighted by molar-refractivity contribution is 7.84. The smallest absolute Gasteiger partial charge is 0.129 e. The molecule has 2 unspecified atom stereocenters. The second-order valence-electron chi connectivity index (χ2n) is 6.98. The van der Waals surface area contributed by atoms with Gasteiger partial charge in [0.25, 0.3) is 0 Å². The third-order valence-electron chi connectivity index (χ3n) is 4.07. The Labute approximate surface area is 140 Å². The SMILES string of the molecule is CC(C)(C)S(=O)NC(c1cccc(Cl)n1)C1(O)CCCCC1. The van der Waals surface area contributed by atoms with Gasteiger partial charge in [-0.25, -0.2) is 13.9 Å². The van der Waals surface area contributed by atoms with E-state index < -0.39 is 27.4 Å². The summed E-state index contributed by atoms with van der Waals surface area (Å²) in [6, 6.07) is 4.86. The molecule has 1 aliphatic rings. The summed E-state index contributed by atoms with van der Waals surface area (Å²) in [5.41, 5.74) is -0.286. The van der Waals surface area contributed by atoms with E-state index in [0.29, 0.717) is 23.7 Å². The standard InChI is InChI=1S/C16H25ClN2O2S/c1-15(2,3)22(21)19-14(12-8-7-9-13(17)18-12)16(20)10-5-4-6-11-16/h7-9,14,19-20H,4-6,10-11H2,1-3H3. The second kappa shape index (κ2) is 6.95. The maximum Gasteiger partial charge on any atom is 0.129 e. The minimum atomic E-state index is -1.30. The summed E-state index contributed by atoms with van der Waals surface area (Å²) in [6.07, 6.45) is 4.43. The van der Waals surface area contributed by atoms with Gasteiger partial charge in [0.1, 0.15) is 5.15 Å². The zero-order valence-corrected chi connectivity index (χ0v) is 15.0. The molecule has 0 bridgehead atoms. The Bertz CT molecular complexity index is 539. The number of aromatic nitrogens is 1. The van der Waals surface area contributed by atoms with Crippen molar-refractivity contribution in [1.29, 1.82) is 0 Å². The molecule has 1 aromatic rings. The van der Waals surface area contributed by atoms with Crippen molar-refractivity contribution in [3.05, 3.63) is 29.0 Å². The normalized spacial score (nSPS) is 21.3. The average Bonchev–Trinajstić information content (AvgIpc) is 2.44. The van der Waals surface area contributed by atoms with Gasteiger partial charge in [-0.05, 0) is 45.7 Å². The first-order chi connectivity index (χ1) is 10.2. The van der Waals surface area contributed by atoms with Gasteiger partial charge in [-0.15, -0.1) is 0 Å². The fourth-order valence-electron chi connectivity index (χ4n) is 2.77. The summed E-state index contributed by atoms with van der Waals surface area (Å²) in [7, 11) is -1.30. The van der Waals surface area contributed by atoms with Gasteiger partial charge in [0, 0.05) is 0 Å². The van der Waals surface area contributed by atoms with E-state index in [1.54, 1.807) is 6.07 Å². The van der Waals surface area contributed by atoms with Crippen molar-refractivity contribution >= 4 is 22.6 Å². The third kappa shape index (κ3) is 4.28. The Hall–Kier alpha value is -0.490. The monoisotopic (exact) mass is 344 g/mol. The zero-order valence-electron chi connectivity index (χ0n) is 13.4. The molecular weight excluding hydrogens is 320 g/mol. The number of pyridine rings is 1. The fraction of sp³-hybridized carbons (Fsp3) is 0.688. The lowest BCUT2D eigenvalue weighted by Gasteiger charge is -2.40. The maximum absolute atomic E-state index is 12.5. The molecule has 0 radical (unpaired) electrons. The van der Waals surface area contributed by atoms with Crippen LogP contribution in [0.15, 0.2) is 18.2 Å². The molecule has 1 fully saturated rings. The lowest BCUT2D eigenvalue weighted by atomic mass is 9.78. The van der Waals surface area contributed by atoms with Crippen LogP contribution in [0.3, 0.4) is 0 Å². The predicted molar refractivity (Wildman–Crippen MR) is 91.1 cm³/mol. The first-order valence-corrected chi connectivity index (χ1v) is 9.28. The molecule has 0 spiro atoms. The summed E-state index contributed by atoms with van der Waals surface area (Å²) < 4.78 is 15.2. The highest BCUT2D eigenvalue weighted by Crippen LogP contribution is 2.38. The molecule has 0 saturated heterocycles. The lowest BCUT2D eigenvalue weighted by molar-refractivity contribution is -0.0260. The molecule has 6 heteroatoms. The van der Waals surface area contributed by atoms with E-state index in [4.69, 9.17) is 11.6 Å². The van der Waals surface area contributed by atoms with Gasteiger partial charge < -0.3 is 5.11 Å². The highest BCUT2D eigenvalue weighted by atomic mass is 35.5. The Morgan fingerprint density at radius 3 is 2.50 bits per heavy atom. The molecule has 1 heterocycles. The van der Waals surface area contributed by atoms with Crippen molar-refractivity contribution in [3.8, 4) is 0 Å². The molecule has 22 heavy (non-hydrogen) atoms. The van der Waals surface area contributed by atoms with E-state index in [9.17, 15) is 9.32 Å². The molecule has 2 N–H and O–H groups in total. The van der Waals surface area contributed by atoms with Crippen LogP contribution < -0.4 is 4.72 Å². The summed E-state index contributed by atoms with van der Waals surface area (Å²) in [5.74, 6) is 0. The molecule has 0 aliphatic heterocycles. The quantitative estimate of drug-likeness (QED) is 0.821. The Morgan fingerprint density at radius 1 is 1.32 bits per heavy atom. The first kappa shape index (κ1) is 17.9. The van der Waals surface area contributed by atoms with Crippen LogP contribution in [0.4, 0.5) is 0 Å². The van der Waals surface area contributed by atoms with Crippen molar-refractivity contribution in [3.63, 3.8) is 0 Å². The van der Waals surface area contributed by atoms with E-state index in [0.717, 1.165) is 19.3 Å². The van der Waals surface area contributed by atoms with Gasteiger partial charge >= 0.3 is 0 Å². The number of nitrogens with zero attached hydrogens (tertiary/aromatic N) is 1. The summed E-state index contributed by atoms with van der Waals surface area (Å²) in [5, 5.41) is 11.5. The van der Waals surface area contributed by atoms with Crippen molar-refractivity contribution in [2.75, 3.05) is 0 Å². The van der Waals surface area contributed by atoms with E-state index in [-0.39, 0.29) is 0 Å². The summed E-state index contributed by atoms with van der Waals surface area (Å²) >= 11 is 6.00. The molecule has 1 aromatic heterocycles. The van der Waals surface area contributed by atoms with E-state index >= 15 is 0 Å². The molecule has 4 nitrogen and oxygen atoms in total. The Kier molecular flexibility index (Phi) is 5.64. The molecule has 0 amide bonds. The highest BCUT2D eigenvalue weighted by Gasteiger charge is 2.41. The van der Waals surface area contributed by atoms with E-state index in [1.807, 2.05) is 32.9 Å². The number of nitrogens with one attached hydrogen (secondary N) is 1. The first-order valence-electron chi connectivity index (χ1n) is 7.75.